The fourth-order valence-electron chi connectivity index (χ4n) is 2.15. The highest BCUT2D eigenvalue weighted by Crippen LogP contribution is 2.25. The van der Waals surface area contributed by atoms with E-state index in [1.165, 1.54) is 0 Å². The minimum absolute atomic E-state index is 0. The number of rotatable bonds is 3. The minimum Gasteiger partial charge on any atom is -0.393 e. The highest BCUT2D eigenvalue weighted by Gasteiger charge is 2.24. The maximum Gasteiger partial charge on any atom is 0.193 e. The first-order valence-corrected chi connectivity index (χ1v) is 6.06. The lowest BCUT2D eigenvalue weighted by molar-refractivity contribution is 0.137. The Morgan fingerprint density at radius 1 is 1.33 bits per heavy atom. The van der Waals surface area contributed by atoms with Crippen LogP contribution < -0.4 is 11.1 Å². The Morgan fingerprint density at radius 3 is 2.67 bits per heavy atom. The lowest BCUT2D eigenvalue weighted by Gasteiger charge is -2.12. The summed E-state index contributed by atoms with van der Waals surface area (Å²) in [6.07, 6.45) is 2.83. The monoisotopic (exact) mass is 361 g/mol. The van der Waals surface area contributed by atoms with Crippen molar-refractivity contribution in [3.63, 3.8) is 0 Å². The molecular weight excluding hydrogens is 341 g/mol. The lowest BCUT2D eigenvalue weighted by Crippen LogP contribution is -2.25. The minimum atomic E-state index is -0.205. The summed E-state index contributed by atoms with van der Waals surface area (Å²) in [5, 5.41) is 12.7. The number of aliphatic hydroxyl groups excluding tert-OH is 1. The molecule has 0 aliphatic heterocycles. The van der Waals surface area contributed by atoms with Crippen LogP contribution in [-0.2, 0) is 0 Å². The van der Waals surface area contributed by atoms with Gasteiger partial charge in [0.1, 0.15) is 0 Å². The van der Waals surface area contributed by atoms with Crippen molar-refractivity contribution in [3.05, 3.63) is 30.3 Å². The molecule has 5 heteroatoms. The standard InChI is InChI=1S/C13H19N3O.HI/c14-13(16-11-6-2-1-3-7-11)15-9-10-5-4-8-12(10)17;/h1-3,6-7,10,12,17H,4-5,8-9H2,(H3,14,15,16);1H. The number of hydrogen-bond donors (Lipinski definition) is 3. The van der Waals surface area contributed by atoms with Gasteiger partial charge in [-0.1, -0.05) is 24.6 Å². The van der Waals surface area contributed by atoms with E-state index in [-0.39, 0.29) is 36.0 Å². The van der Waals surface area contributed by atoms with Gasteiger partial charge in [0.25, 0.3) is 0 Å². The van der Waals surface area contributed by atoms with Crippen LogP contribution in [0.5, 0.6) is 0 Å². The van der Waals surface area contributed by atoms with E-state index >= 15 is 0 Å². The molecule has 1 aliphatic rings. The third kappa shape index (κ3) is 4.45. The summed E-state index contributed by atoms with van der Waals surface area (Å²) in [6.45, 7) is 0.604. The first kappa shape index (κ1) is 15.2. The molecule has 0 aromatic heterocycles. The zero-order valence-corrected chi connectivity index (χ0v) is 12.6. The van der Waals surface area contributed by atoms with Crippen LogP contribution in [0.4, 0.5) is 5.69 Å². The Balaban J connectivity index is 0.00000162. The summed E-state index contributed by atoms with van der Waals surface area (Å²) in [7, 11) is 0. The van der Waals surface area contributed by atoms with Crippen LogP contribution in [0.25, 0.3) is 0 Å². The Labute approximate surface area is 125 Å². The van der Waals surface area contributed by atoms with Crippen molar-refractivity contribution < 1.29 is 5.11 Å². The molecule has 2 atom stereocenters. The summed E-state index contributed by atoms with van der Waals surface area (Å²) in [5.41, 5.74) is 6.72. The molecule has 1 aliphatic carbocycles. The molecular formula is C13H20IN3O. The number of aliphatic imine (C=N–C) groups is 1. The number of nitrogens with one attached hydrogen (secondary N) is 1. The maximum absolute atomic E-state index is 9.66. The maximum atomic E-state index is 9.66. The normalized spacial score (nSPS) is 23.5. The number of para-hydroxylation sites is 1. The second kappa shape index (κ2) is 7.58. The molecule has 0 amide bonds. The third-order valence-corrected chi connectivity index (χ3v) is 3.16. The molecule has 0 bridgehead atoms. The molecule has 1 fully saturated rings. The molecule has 1 aromatic carbocycles. The zero-order valence-electron chi connectivity index (χ0n) is 10.2. The summed E-state index contributed by atoms with van der Waals surface area (Å²) < 4.78 is 0. The molecule has 1 aromatic rings. The van der Waals surface area contributed by atoms with Crippen molar-refractivity contribution in [3.8, 4) is 0 Å². The van der Waals surface area contributed by atoms with Gasteiger partial charge in [0, 0.05) is 18.2 Å². The molecule has 0 heterocycles. The van der Waals surface area contributed by atoms with E-state index in [1.807, 2.05) is 30.3 Å². The van der Waals surface area contributed by atoms with Crippen LogP contribution >= 0.6 is 24.0 Å². The number of nitrogens with zero attached hydrogens (tertiary/aromatic N) is 1. The number of nitrogens with two attached hydrogens (primary N) is 1. The number of hydrogen-bond acceptors (Lipinski definition) is 2. The van der Waals surface area contributed by atoms with Gasteiger partial charge >= 0.3 is 0 Å². The number of guanidine groups is 1. The van der Waals surface area contributed by atoms with Crippen LogP contribution in [0.2, 0.25) is 0 Å². The second-order valence-electron chi connectivity index (χ2n) is 4.48. The van der Waals surface area contributed by atoms with E-state index in [0.717, 1.165) is 24.9 Å². The van der Waals surface area contributed by atoms with Gasteiger partial charge < -0.3 is 16.2 Å². The highest BCUT2D eigenvalue weighted by molar-refractivity contribution is 14.0. The molecule has 0 spiro atoms. The molecule has 1 saturated carbocycles. The molecule has 0 radical (unpaired) electrons. The fourth-order valence-corrected chi connectivity index (χ4v) is 2.15. The summed E-state index contributed by atoms with van der Waals surface area (Å²) in [6, 6.07) is 9.71. The van der Waals surface area contributed by atoms with Crippen molar-refractivity contribution in [1.29, 1.82) is 0 Å². The van der Waals surface area contributed by atoms with Crippen LogP contribution in [0.1, 0.15) is 19.3 Å². The van der Waals surface area contributed by atoms with Gasteiger partial charge in [-0.2, -0.15) is 0 Å². The molecule has 18 heavy (non-hydrogen) atoms. The van der Waals surface area contributed by atoms with E-state index in [1.54, 1.807) is 0 Å². The summed E-state index contributed by atoms with van der Waals surface area (Å²) >= 11 is 0. The van der Waals surface area contributed by atoms with Crippen LogP contribution in [0, 0.1) is 5.92 Å². The van der Waals surface area contributed by atoms with E-state index in [2.05, 4.69) is 10.3 Å². The van der Waals surface area contributed by atoms with Crippen molar-refractivity contribution in [2.24, 2.45) is 16.6 Å². The van der Waals surface area contributed by atoms with Crippen molar-refractivity contribution >= 4 is 35.6 Å². The number of aliphatic hydroxyl groups is 1. The Morgan fingerprint density at radius 2 is 2.06 bits per heavy atom. The first-order chi connectivity index (χ1) is 8.25. The van der Waals surface area contributed by atoms with Gasteiger partial charge in [0.05, 0.1) is 6.10 Å². The predicted molar refractivity (Wildman–Crippen MR) is 85.3 cm³/mol. The third-order valence-electron chi connectivity index (χ3n) is 3.16. The SMILES string of the molecule is I.NC(=NCC1CCCC1O)Nc1ccccc1. The van der Waals surface area contributed by atoms with Gasteiger partial charge in [0.15, 0.2) is 5.96 Å². The average Bonchev–Trinajstić information content (AvgIpc) is 2.74. The molecule has 100 valence electrons. The molecule has 4 N–H and O–H groups in total. The van der Waals surface area contributed by atoms with E-state index in [0.29, 0.717) is 12.5 Å². The number of anilines is 1. The van der Waals surface area contributed by atoms with E-state index < -0.39 is 0 Å². The molecule has 4 nitrogen and oxygen atoms in total. The molecule has 0 saturated heterocycles. The summed E-state index contributed by atoms with van der Waals surface area (Å²) in [4.78, 5) is 4.28. The number of halogens is 1. The van der Waals surface area contributed by atoms with Gasteiger partial charge in [0.2, 0.25) is 0 Å². The fraction of sp³-hybridized carbons (Fsp3) is 0.462. The Bertz CT molecular complexity index is 383. The molecule has 2 unspecified atom stereocenters. The molecule has 2 rings (SSSR count). The van der Waals surface area contributed by atoms with Gasteiger partial charge in [-0.05, 0) is 25.0 Å². The highest BCUT2D eigenvalue weighted by atomic mass is 127. The average molecular weight is 361 g/mol. The van der Waals surface area contributed by atoms with E-state index in [4.69, 9.17) is 5.73 Å². The van der Waals surface area contributed by atoms with Crippen LogP contribution in [-0.4, -0.2) is 23.7 Å². The van der Waals surface area contributed by atoms with Gasteiger partial charge in [-0.3, -0.25) is 4.99 Å². The summed E-state index contributed by atoms with van der Waals surface area (Å²) in [5.74, 6) is 0.682. The van der Waals surface area contributed by atoms with Gasteiger partial charge in [-0.15, -0.1) is 24.0 Å². The van der Waals surface area contributed by atoms with E-state index in [9.17, 15) is 5.11 Å². The quantitative estimate of drug-likeness (QED) is 0.439. The smallest absolute Gasteiger partial charge is 0.193 e. The van der Waals surface area contributed by atoms with Crippen LogP contribution in [0.15, 0.2) is 35.3 Å². The Kier molecular flexibility index (Phi) is 6.42. The predicted octanol–water partition coefficient (Wildman–Crippen LogP) is 2.19. The van der Waals surface area contributed by atoms with Crippen molar-refractivity contribution in [2.45, 2.75) is 25.4 Å². The van der Waals surface area contributed by atoms with Crippen LogP contribution in [0.3, 0.4) is 0 Å². The first-order valence-electron chi connectivity index (χ1n) is 6.06. The van der Waals surface area contributed by atoms with Gasteiger partial charge in [-0.25, -0.2) is 0 Å². The topological polar surface area (TPSA) is 70.6 Å². The second-order valence-corrected chi connectivity index (χ2v) is 4.48. The zero-order chi connectivity index (χ0) is 12.1. The Hall–Kier alpha value is -0.820. The van der Waals surface area contributed by atoms with Crippen molar-refractivity contribution in [1.82, 2.24) is 0 Å². The number of benzene rings is 1. The van der Waals surface area contributed by atoms with Crippen molar-refractivity contribution in [2.75, 3.05) is 11.9 Å². The lowest BCUT2D eigenvalue weighted by atomic mass is 10.1. The largest absolute Gasteiger partial charge is 0.393 e.